The first-order chi connectivity index (χ1) is 59.6. The van der Waals surface area contributed by atoms with E-state index in [9.17, 15) is 54.1 Å². The van der Waals surface area contributed by atoms with Crippen molar-refractivity contribution in [3.8, 4) is 64.2 Å². The first-order valence-electron chi connectivity index (χ1n) is 41.2. The Bertz CT molecular complexity index is 5040. The third-order valence-corrected chi connectivity index (χ3v) is 30.8. The molecular formula is C94H92N6O18S6. The summed E-state index contributed by atoms with van der Waals surface area (Å²) < 4.78 is 60.4. The second-order valence-electron chi connectivity index (χ2n) is 33.0. The van der Waals surface area contributed by atoms with Crippen LogP contribution in [-0.4, -0.2) is 74.2 Å². The summed E-state index contributed by atoms with van der Waals surface area (Å²) >= 11 is 6.74. The second kappa shape index (κ2) is 42.3. The van der Waals surface area contributed by atoms with Gasteiger partial charge in [-0.05, 0) is 236 Å². The molecule has 0 atom stereocenters. The number of nitrogens with zero attached hydrogens (tertiary/aromatic N) is 6. The zero-order valence-electron chi connectivity index (χ0n) is 69.6. The number of benzene rings is 5. The highest BCUT2D eigenvalue weighted by Crippen LogP contribution is 2.64. The molecule has 642 valence electrons. The molecule has 12 rings (SSSR count). The molecule has 0 bridgehead atoms. The Morgan fingerprint density at radius 3 is 0.935 bits per heavy atom. The predicted molar refractivity (Wildman–Crippen MR) is 468 cm³/mol. The maximum absolute atomic E-state index is 14.5. The number of carbonyl (C=O) groups excluding carboxylic acids is 8. The van der Waals surface area contributed by atoms with Crippen LogP contribution in [0.15, 0.2) is 157 Å². The van der Waals surface area contributed by atoms with Crippen molar-refractivity contribution in [2.75, 3.05) is 26.4 Å². The van der Waals surface area contributed by atoms with Crippen molar-refractivity contribution >= 4 is 118 Å². The van der Waals surface area contributed by atoms with Crippen LogP contribution in [0.5, 0.6) is 46.0 Å². The lowest BCUT2D eigenvalue weighted by molar-refractivity contribution is -0.142. The van der Waals surface area contributed by atoms with Crippen LogP contribution in [0, 0.1) is 101 Å². The van der Waals surface area contributed by atoms with Gasteiger partial charge in [-0.15, -0.1) is 0 Å². The number of esters is 8. The van der Waals surface area contributed by atoms with E-state index in [1.165, 1.54) is 0 Å². The molecule has 0 unspecified atom stereocenters. The molecule has 0 saturated heterocycles. The average molecular weight is 1790 g/mol. The molecule has 0 amide bonds. The van der Waals surface area contributed by atoms with Gasteiger partial charge in [0.25, 0.3) is 17.1 Å². The Labute approximate surface area is 747 Å². The number of nitriles is 3. The maximum Gasteiger partial charge on any atom is 0.343 e. The highest BCUT2D eigenvalue weighted by Gasteiger charge is 2.44. The van der Waals surface area contributed by atoms with E-state index in [-0.39, 0.29) is 75.9 Å². The summed E-state index contributed by atoms with van der Waals surface area (Å²) in [4.78, 5) is 121. The van der Waals surface area contributed by atoms with Crippen LogP contribution in [-0.2, 0) is 49.1 Å². The number of carbonyl (C=O) groups is 8. The topological polar surface area (TPSA) is 313 Å². The van der Waals surface area contributed by atoms with Crippen LogP contribution < -0.4 is 37.9 Å². The molecule has 0 radical (unpaired) electrons. The van der Waals surface area contributed by atoms with Crippen molar-refractivity contribution in [2.45, 2.75) is 210 Å². The lowest BCUT2D eigenvalue weighted by Gasteiger charge is -2.37. The summed E-state index contributed by atoms with van der Waals surface area (Å²) in [6.45, 7) is 43.0. The van der Waals surface area contributed by atoms with Gasteiger partial charge in [0.15, 0.2) is 0 Å². The van der Waals surface area contributed by atoms with Crippen molar-refractivity contribution < 1.29 is 85.7 Å². The molecule has 5 aromatic rings. The summed E-state index contributed by atoms with van der Waals surface area (Å²) in [5, 5.41) is 29.9. The van der Waals surface area contributed by atoms with Crippen LogP contribution in [0.2, 0.25) is 0 Å². The Kier molecular flexibility index (Phi) is 31.5. The summed E-state index contributed by atoms with van der Waals surface area (Å²) in [7, 11) is 0. The van der Waals surface area contributed by atoms with Crippen molar-refractivity contribution in [1.29, 1.82) is 15.8 Å². The normalized spacial score (nSPS) is 21.3. The number of allylic oxidation sites excluding steroid dienone is 3. The van der Waals surface area contributed by atoms with E-state index in [4.69, 9.17) is 67.1 Å². The Morgan fingerprint density at radius 1 is 0.387 bits per heavy atom. The minimum absolute atomic E-state index is 0.143. The predicted octanol–water partition coefficient (Wildman–Crippen LogP) is 22.2. The standard InChI is InChI=1S/C94H92N6O18S6/c1-12-74(101)111-46-16-14-44-109-63-38-34-61(35-39-63)86(105)115-72-48-65(93(3,4)5)76(82-80(72)121-91(123-82)68(51-96)99-10)117-88(107)59-30-22-55(23-31-59)53-18-26-57(27-19-53)84(103)113-70-42-43-71(79-78(70)119-90(120-79)67(50-95)98-9)114-85(104)58-28-20-54(21-29-58)56-24-32-60(33-25-56)89(108)118-77-66(94(6,7)8)49-73(81-83(77)124-92(122-81)69(52-97)100-11)116-87(106)62-36-40-64(41-37-62)110-45-15-17-47-112-75(102)13-2/h12-13,34-43,48-49,53-60H,1-2,14-33,44-47H2,3-8H3/b90-67?,91-68-,92-69+. The first-order valence-corrected chi connectivity index (χ1v) is 46.1. The number of fused-ring (bicyclic) bond motifs is 3. The molecule has 0 aromatic heterocycles. The van der Waals surface area contributed by atoms with Gasteiger partial charge in [0.1, 0.15) is 46.0 Å². The number of unbranched alkanes of at least 4 members (excludes halogenated alkanes) is 2. The van der Waals surface area contributed by atoms with Gasteiger partial charge >= 0.3 is 47.8 Å². The monoisotopic (exact) mass is 1780 g/mol. The van der Waals surface area contributed by atoms with Gasteiger partial charge in [0.2, 0.25) is 0 Å². The van der Waals surface area contributed by atoms with Gasteiger partial charge in [-0.2, -0.15) is 0 Å². The number of rotatable bonds is 28. The molecule has 24 nitrogen and oxygen atoms in total. The van der Waals surface area contributed by atoms with Gasteiger partial charge in [-0.25, -0.2) is 49.5 Å². The number of thioether (sulfide) groups is 6. The zero-order chi connectivity index (χ0) is 88.5. The van der Waals surface area contributed by atoms with E-state index < -0.39 is 82.3 Å². The summed E-state index contributed by atoms with van der Waals surface area (Å²) in [5.74, 6) is -1.86. The largest absolute Gasteiger partial charge is 0.494 e. The Morgan fingerprint density at radius 2 is 0.661 bits per heavy atom. The zero-order valence-corrected chi connectivity index (χ0v) is 74.5. The molecule has 3 aliphatic heterocycles. The lowest BCUT2D eigenvalue weighted by Crippen LogP contribution is -2.32. The average Bonchev–Trinajstić information content (AvgIpc) is 1.38. The molecule has 0 N–H and O–H groups in total. The lowest BCUT2D eigenvalue weighted by atomic mass is 9.69. The van der Waals surface area contributed by atoms with Crippen LogP contribution in [0.1, 0.15) is 202 Å². The molecular weight excluding hydrogens is 1690 g/mol. The van der Waals surface area contributed by atoms with Crippen molar-refractivity contribution in [3.05, 3.63) is 184 Å². The highest BCUT2D eigenvalue weighted by atomic mass is 32.2. The molecule has 30 heteroatoms. The second-order valence-corrected chi connectivity index (χ2v) is 39.9. The molecule has 0 spiro atoms. The fraction of sp³-hybridized carbons (Fsp3) is 0.426. The van der Waals surface area contributed by atoms with E-state index in [2.05, 4.69) is 27.7 Å². The third-order valence-electron chi connectivity index (χ3n) is 23.0. The Balaban J connectivity index is 0.619. The van der Waals surface area contributed by atoms with E-state index in [0.29, 0.717) is 179 Å². The van der Waals surface area contributed by atoms with Gasteiger partial charge in [0.05, 0.1) is 141 Å². The fourth-order valence-electron chi connectivity index (χ4n) is 16.2. The van der Waals surface area contributed by atoms with Crippen molar-refractivity contribution in [2.24, 2.45) is 47.3 Å². The molecule has 7 aliphatic rings. The molecule has 4 aliphatic carbocycles. The minimum Gasteiger partial charge on any atom is -0.494 e. The van der Waals surface area contributed by atoms with Crippen LogP contribution in [0.4, 0.5) is 0 Å². The SMILES string of the molecule is [C-]#[N+]C(C#N)=C1Sc2c(OC(=O)C3CCC(C4CCC(C(=O)Oc5c(C(C)(C)C)cc(OC(=O)c6ccc(OCCCCOC(=O)C=C)cc6)c6c5S/C(=C(/C#N)[N+]#[C-])S6)CC4)CC3)ccc(OC(=O)C3CCC(C4CCC(C(=O)Oc5c(C(C)(C)C)cc(OC(=O)c6ccc(OCCCCOC(=O)C=C)cc6)c6c5S/C(=C(\C#N)[N+]#[C-])S6)CC4)CC3)c2S1. The van der Waals surface area contributed by atoms with E-state index in [0.717, 1.165) is 134 Å². The van der Waals surface area contributed by atoms with Crippen molar-refractivity contribution in [3.63, 3.8) is 0 Å². The van der Waals surface area contributed by atoms with Gasteiger partial charge in [-0.3, -0.25) is 19.2 Å². The minimum atomic E-state index is -0.662. The first kappa shape index (κ1) is 92.4. The van der Waals surface area contributed by atoms with E-state index in [1.807, 2.05) is 59.8 Å². The summed E-state index contributed by atoms with van der Waals surface area (Å²) in [6, 6.07) is 25.5. The van der Waals surface area contributed by atoms with E-state index >= 15 is 0 Å². The molecule has 4 saturated carbocycles. The quantitative estimate of drug-likeness (QED) is 0.0112. The van der Waals surface area contributed by atoms with Crippen LogP contribution in [0.3, 0.4) is 0 Å². The summed E-state index contributed by atoms with van der Waals surface area (Å²) in [6.07, 6.45) is 15.5. The van der Waals surface area contributed by atoms with Gasteiger partial charge in [-0.1, -0.05) is 125 Å². The number of hydrogen-bond donors (Lipinski definition) is 0. The molecule has 3 heterocycles. The maximum atomic E-state index is 14.5. The van der Waals surface area contributed by atoms with Crippen LogP contribution in [0.25, 0.3) is 14.5 Å². The fourth-order valence-corrected chi connectivity index (χ4v) is 23.6. The van der Waals surface area contributed by atoms with E-state index in [1.54, 1.807) is 72.8 Å². The smallest absolute Gasteiger partial charge is 0.343 e. The van der Waals surface area contributed by atoms with Gasteiger partial charge in [0, 0.05) is 23.3 Å². The van der Waals surface area contributed by atoms with Crippen molar-refractivity contribution in [1.82, 2.24) is 0 Å². The number of ether oxygens (including phenoxy) is 10. The van der Waals surface area contributed by atoms with Gasteiger partial charge < -0.3 is 47.4 Å². The molecule has 124 heavy (non-hydrogen) atoms. The third kappa shape index (κ3) is 22.6. The van der Waals surface area contributed by atoms with Crippen LogP contribution >= 0.6 is 70.6 Å². The highest BCUT2D eigenvalue weighted by molar-refractivity contribution is 8.25. The Hall–Kier alpha value is -10.8. The molecule has 5 aromatic carbocycles. The molecule has 4 fully saturated rings. The number of hydrogen-bond acceptors (Lipinski definition) is 27. The summed E-state index contributed by atoms with van der Waals surface area (Å²) in [5.41, 5.74) is -0.0788.